The molecule has 2 heteroatoms. The summed E-state index contributed by atoms with van der Waals surface area (Å²) >= 11 is 0. The highest BCUT2D eigenvalue weighted by atomic mass is 16.5. The SMILES string of the molecule is C=Nc1cc(CC)ccc1OC.CC. The molecule has 2 nitrogen and oxygen atoms in total. The number of aliphatic imine (C=N–C) groups is 1. The fourth-order valence-electron chi connectivity index (χ4n) is 1.08. The summed E-state index contributed by atoms with van der Waals surface area (Å²) in [7, 11) is 1.63. The maximum Gasteiger partial charge on any atom is 0.144 e. The molecule has 0 heterocycles. The summed E-state index contributed by atoms with van der Waals surface area (Å²) < 4.78 is 5.10. The maximum absolute atomic E-state index is 5.10. The molecule has 14 heavy (non-hydrogen) atoms. The molecule has 0 atom stereocenters. The Hall–Kier alpha value is -1.31. The highest BCUT2D eigenvalue weighted by molar-refractivity contribution is 5.57. The van der Waals surface area contributed by atoms with E-state index < -0.39 is 0 Å². The van der Waals surface area contributed by atoms with Gasteiger partial charge in [-0.05, 0) is 30.8 Å². The smallest absolute Gasteiger partial charge is 0.144 e. The first-order valence-corrected chi connectivity index (χ1v) is 4.95. The van der Waals surface area contributed by atoms with Gasteiger partial charge in [-0.2, -0.15) is 0 Å². The second kappa shape index (κ2) is 7.13. The van der Waals surface area contributed by atoms with E-state index in [1.807, 2.05) is 32.0 Å². The average Bonchev–Trinajstić information content (AvgIpc) is 2.30. The molecule has 0 N–H and O–H groups in total. The van der Waals surface area contributed by atoms with E-state index in [0.29, 0.717) is 0 Å². The molecule has 1 aromatic rings. The lowest BCUT2D eigenvalue weighted by atomic mass is 10.1. The Morgan fingerprint density at radius 2 is 2.00 bits per heavy atom. The fourth-order valence-corrected chi connectivity index (χ4v) is 1.08. The van der Waals surface area contributed by atoms with Crippen molar-refractivity contribution in [1.29, 1.82) is 0 Å². The van der Waals surface area contributed by atoms with E-state index in [-0.39, 0.29) is 0 Å². The van der Waals surface area contributed by atoms with Crippen molar-refractivity contribution in [2.45, 2.75) is 27.2 Å². The summed E-state index contributed by atoms with van der Waals surface area (Å²) in [6, 6.07) is 5.95. The van der Waals surface area contributed by atoms with Gasteiger partial charge >= 0.3 is 0 Å². The van der Waals surface area contributed by atoms with E-state index in [2.05, 4.69) is 18.6 Å². The summed E-state index contributed by atoms with van der Waals surface area (Å²) in [5.74, 6) is 0.780. The molecule has 0 aliphatic heterocycles. The third-order valence-electron chi connectivity index (χ3n) is 1.82. The Morgan fingerprint density at radius 3 is 2.43 bits per heavy atom. The van der Waals surface area contributed by atoms with Crippen LogP contribution in [0.1, 0.15) is 26.3 Å². The minimum atomic E-state index is 0.780. The Labute approximate surface area is 86.6 Å². The second-order valence-corrected chi connectivity index (χ2v) is 2.52. The predicted molar refractivity (Wildman–Crippen MR) is 62.9 cm³/mol. The van der Waals surface area contributed by atoms with Crippen LogP contribution in [0, 0.1) is 0 Å². The number of methoxy groups -OCH3 is 1. The summed E-state index contributed by atoms with van der Waals surface area (Å²) in [6.45, 7) is 9.59. The number of hydrogen-bond acceptors (Lipinski definition) is 2. The molecule has 0 spiro atoms. The second-order valence-electron chi connectivity index (χ2n) is 2.52. The molecular weight excluding hydrogens is 174 g/mol. The van der Waals surface area contributed by atoms with Gasteiger partial charge in [0.15, 0.2) is 0 Å². The molecule has 0 aliphatic rings. The van der Waals surface area contributed by atoms with E-state index in [1.54, 1.807) is 7.11 Å². The maximum atomic E-state index is 5.10. The third-order valence-corrected chi connectivity index (χ3v) is 1.82. The van der Waals surface area contributed by atoms with Crippen LogP contribution in [0.5, 0.6) is 5.75 Å². The first-order chi connectivity index (χ1) is 6.81. The first-order valence-electron chi connectivity index (χ1n) is 4.95. The van der Waals surface area contributed by atoms with Crippen LogP contribution in [0.2, 0.25) is 0 Å². The Balaban J connectivity index is 0.000000791. The van der Waals surface area contributed by atoms with Gasteiger partial charge in [-0.15, -0.1) is 0 Å². The van der Waals surface area contributed by atoms with Gasteiger partial charge in [0, 0.05) is 0 Å². The van der Waals surface area contributed by atoms with Gasteiger partial charge in [-0.3, -0.25) is 4.99 Å². The Bertz CT molecular complexity index is 282. The predicted octanol–water partition coefficient (Wildman–Crippen LogP) is 3.62. The molecule has 1 aromatic carbocycles. The van der Waals surface area contributed by atoms with Gasteiger partial charge in [0.05, 0.1) is 7.11 Å². The van der Waals surface area contributed by atoms with Crippen LogP contribution in [0.3, 0.4) is 0 Å². The minimum absolute atomic E-state index is 0.780. The van der Waals surface area contributed by atoms with Crippen LogP contribution in [0.25, 0.3) is 0 Å². The number of aryl methyl sites for hydroxylation is 1. The number of ether oxygens (including phenoxy) is 1. The van der Waals surface area contributed by atoms with Gasteiger partial charge < -0.3 is 4.74 Å². The molecule has 0 radical (unpaired) electrons. The van der Waals surface area contributed by atoms with Crippen LogP contribution in [-0.2, 0) is 6.42 Å². The molecule has 0 unspecified atom stereocenters. The van der Waals surface area contributed by atoms with E-state index >= 15 is 0 Å². The number of hydrogen-bond donors (Lipinski definition) is 0. The first kappa shape index (κ1) is 12.7. The van der Waals surface area contributed by atoms with Crippen molar-refractivity contribution in [3.8, 4) is 5.75 Å². The van der Waals surface area contributed by atoms with Crippen molar-refractivity contribution >= 4 is 12.4 Å². The summed E-state index contributed by atoms with van der Waals surface area (Å²) in [6.07, 6.45) is 1.01. The van der Waals surface area contributed by atoms with Crippen molar-refractivity contribution < 1.29 is 4.74 Å². The normalized spacial score (nSPS) is 8.57. The van der Waals surface area contributed by atoms with E-state index in [1.165, 1.54) is 5.56 Å². The van der Waals surface area contributed by atoms with Crippen molar-refractivity contribution in [1.82, 2.24) is 0 Å². The van der Waals surface area contributed by atoms with Crippen LogP contribution in [-0.4, -0.2) is 13.8 Å². The minimum Gasteiger partial charge on any atom is -0.494 e. The number of benzene rings is 1. The van der Waals surface area contributed by atoms with Crippen molar-refractivity contribution in [2.75, 3.05) is 7.11 Å². The molecule has 0 saturated carbocycles. The van der Waals surface area contributed by atoms with Crippen LogP contribution in [0.15, 0.2) is 23.2 Å². The van der Waals surface area contributed by atoms with Crippen LogP contribution >= 0.6 is 0 Å². The Morgan fingerprint density at radius 1 is 1.36 bits per heavy atom. The Kier molecular flexibility index (Phi) is 6.46. The van der Waals surface area contributed by atoms with E-state index in [9.17, 15) is 0 Å². The third kappa shape index (κ3) is 3.21. The molecule has 0 amide bonds. The van der Waals surface area contributed by atoms with Crippen molar-refractivity contribution in [3.05, 3.63) is 23.8 Å². The molecule has 78 valence electrons. The number of nitrogens with zero attached hydrogens (tertiary/aromatic N) is 1. The topological polar surface area (TPSA) is 21.6 Å². The van der Waals surface area contributed by atoms with Gasteiger partial charge in [0.25, 0.3) is 0 Å². The summed E-state index contributed by atoms with van der Waals surface area (Å²) in [4.78, 5) is 3.87. The monoisotopic (exact) mass is 193 g/mol. The highest BCUT2D eigenvalue weighted by Crippen LogP contribution is 2.27. The molecule has 0 aliphatic carbocycles. The van der Waals surface area contributed by atoms with Gasteiger partial charge in [-0.1, -0.05) is 26.8 Å². The van der Waals surface area contributed by atoms with Crippen molar-refractivity contribution in [2.24, 2.45) is 4.99 Å². The molecule has 0 fully saturated rings. The lowest BCUT2D eigenvalue weighted by Crippen LogP contribution is -1.85. The lowest BCUT2D eigenvalue weighted by molar-refractivity contribution is 0.416. The molecule has 0 aromatic heterocycles. The van der Waals surface area contributed by atoms with Crippen molar-refractivity contribution in [3.63, 3.8) is 0 Å². The van der Waals surface area contributed by atoms with E-state index in [0.717, 1.165) is 17.9 Å². The molecule has 1 rings (SSSR count). The van der Waals surface area contributed by atoms with Gasteiger partial charge in [0.2, 0.25) is 0 Å². The molecule has 0 saturated heterocycles. The highest BCUT2D eigenvalue weighted by Gasteiger charge is 2.00. The van der Waals surface area contributed by atoms with Gasteiger partial charge in [-0.25, -0.2) is 0 Å². The molecule has 0 bridgehead atoms. The van der Waals surface area contributed by atoms with Crippen LogP contribution in [0.4, 0.5) is 5.69 Å². The summed E-state index contributed by atoms with van der Waals surface area (Å²) in [5, 5.41) is 0. The zero-order valence-electron chi connectivity index (χ0n) is 9.50. The zero-order chi connectivity index (χ0) is 11.0. The molecular formula is C12H19NO. The van der Waals surface area contributed by atoms with Crippen LogP contribution < -0.4 is 4.74 Å². The quantitative estimate of drug-likeness (QED) is 0.672. The fraction of sp³-hybridized carbons (Fsp3) is 0.417. The largest absolute Gasteiger partial charge is 0.494 e. The number of rotatable bonds is 3. The van der Waals surface area contributed by atoms with E-state index in [4.69, 9.17) is 4.74 Å². The zero-order valence-corrected chi connectivity index (χ0v) is 9.50. The average molecular weight is 193 g/mol. The summed E-state index contributed by atoms with van der Waals surface area (Å²) in [5.41, 5.74) is 2.06. The van der Waals surface area contributed by atoms with Gasteiger partial charge in [0.1, 0.15) is 11.4 Å². The standard InChI is InChI=1S/C10H13NO.C2H6/c1-4-8-5-6-10(12-3)9(7-8)11-2;1-2/h5-7H,2,4H2,1,3H3;1-2H3. The lowest BCUT2D eigenvalue weighted by Gasteiger charge is -2.04.